The summed E-state index contributed by atoms with van der Waals surface area (Å²) in [6.45, 7) is -0.174. The standard InChI is InChI=1S/C17H17F3N4O2/c18-12-3-1-2-11(8-12)17(4-5-17)15(25)22-6-7-23-14(10-22)21-24(16(23)26)9-13(19)20/h1-3,8,13H,4-7,9-10H2. The monoisotopic (exact) mass is 366 g/mol. The summed E-state index contributed by atoms with van der Waals surface area (Å²) in [5, 5.41) is 3.95. The number of amides is 1. The Morgan fingerprint density at radius 2 is 2.04 bits per heavy atom. The summed E-state index contributed by atoms with van der Waals surface area (Å²) in [4.78, 5) is 26.7. The van der Waals surface area contributed by atoms with Crippen LogP contribution < -0.4 is 5.69 Å². The highest BCUT2D eigenvalue weighted by molar-refractivity contribution is 5.91. The third-order valence-corrected chi connectivity index (χ3v) is 5.06. The molecule has 2 heterocycles. The third kappa shape index (κ3) is 2.71. The van der Waals surface area contributed by atoms with Gasteiger partial charge in [-0.2, -0.15) is 5.10 Å². The molecule has 2 aromatic rings. The first-order chi connectivity index (χ1) is 12.4. The van der Waals surface area contributed by atoms with Crippen molar-refractivity contribution in [3.8, 4) is 0 Å². The van der Waals surface area contributed by atoms with Crippen LogP contribution in [0.2, 0.25) is 0 Å². The van der Waals surface area contributed by atoms with Crippen molar-refractivity contribution in [2.75, 3.05) is 6.54 Å². The Balaban J connectivity index is 1.57. The first kappa shape index (κ1) is 16.9. The molecule has 1 aliphatic heterocycles. The van der Waals surface area contributed by atoms with E-state index in [1.807, 2.05) is 0 Å². The normalized spacial score (nSPS) is 18.1. The molecule has 1 fully saturated rings. The Bertz CT molecular complexity index is 917. The van der Waals surface area contributed by atoms with Gasteiger partial charge in [0.1, 0.15) is 12.4 Å². The van der Waals surface area contributed by atoms with E-state index in [1.165, 1.54) is 16.7 Å². The van der Waals surface area contributed by atoms with Crippen LogP contribution in [0.1, 0.15) is 24.2 Å². The Morgan fingerprint density at radius 3 is 2.69 bits per heavy atom. The van der Waals surface area contributed by atoms with Gasteiger partial charge < -0.3 is 4.90 Å². The average Bonchev–Trinajstić information content (AvgIpc) is 3.36. The zero-order valence-electron chi connectivity index (χ0n) is 13.9. The lowest BCUT2D eigenvalue weighted by Crippen LogP contribution is -2.45. The van der Waals surface area contributed by atoms with Crippen molar-refractivity contribution < 1.29 is 18.0 Å². The number of halogens is 3. The molecule has 0 unspecified atom stereocenters. The number of alkyl halides is 2. The van der Waals surface area contributed by atoms with Crippen LogP contribution in [0.25, 0.3) is 0 Å². The van der Waals surface area contributed by atoms with Crippen LogP contribution in [-0.2, 0) is 29.8 Å². The van der Waals surface area contributed by atoms with Crippen molar-refractivity contribution in [2.45, 2.75) is 44.3 Å². The lowest BCUT2D eigenvalue weighted by atomic mass is 9.94. The highest BCUT2D eigenvalue weighted by atomic mass is 19.3. The van der Waals surface area contributed by atoms with Crippen LogP contribution in [0.15, 0.2) is 29.1 Å². The van der Waals surface area contributed by atoms with Crippen LogP contribution in [0, 0.1) is 5.82 Å². The van der Waals surface area contributed by atoms with Gasteiger partial charge in [-0.05, 0) is 30.5 Å². The number of hydrogen-bond acceptors (Lipinski definition) is 3. The van der Waals surface area contributed by atoms with E-state index in [4.69, 9.17) is 0 Å². The van der Waals surface area contributed by atoms with Gasteiger partial charge >= 0.3 is 5.69 Å². The lowest BCUT2D eigenvalue weighted by molar-refractivity contribution is -0.135. The van der Waals surface area contributed by atoms with Gasteiger partial charge in [0.2, 0.25) is 5.91 Å². The van der Waals surface area contributed by atoms with E-state index in [9.17, 15) is 22.8 Å². The number of carbonyl (C=O) groups is 1. The molecule has 0 radical (unpaired) electrons. The first-order valence-corrected chi connectivity index (χ1v) is 8.41. The number of hydrogen-bond donors (Lipinski definition) is 0. The quantitative estimate of drug-likeness (QED) is 0.825. The van der Waals surface area contributed by atoms with Crippen molar-refractivity contribution in [2.24, 2.45) is 0 Å². The van der Waals surface area contributed by atoms with E-state index in [0.717, 1.165) is 4.68 Å². The topological polar surface area (TPSA) is 60.1 Å². The maximum absolute atomic E-state index is 13.5. The highest BCUT2D eigenvalue weighted by Crippen LogP contribution is 2.50. The van der Waals surface area contributed by atoms with Gasteiger partial charge in [-0.15, -0.1) is 0 Å². The van der Waals surface area contributed by atoms with Gasteiger partial charge in [-0.3, -0.25) is 9.36 Å². The predicted octanol–water partition coefficient (Wildman–Crippen LogP) is 1.52. The van der Waals surface area contributed by atoms with Crippen LogP contribution in [0.3, 0.4) is 0 Å². The van der Waals surface area contributed by atoms with Crippen molar-refractivity contribution >= 4 is 5.91 Å². The summed E-state index contributed by atoms with van der Waals surface area (Å²) in [5.74, 6) is -0.227. The first-order valence-electron chi connectivity index (χ1n) is 8.41. The number of aromatic nitrogens is 3. The summed E-state index contributed by atoms with van der Waals surface area (Å²) < 4.78 is 40.7. The molecule has 1 aromatic heterocycles. The van der Waals surface area contributed by atoms with Crippen LogP contribution in [-0.4, -0.2) is 38.1 Å². The summed E-state index contributed by atoms with van der Waals surface area (Å²) in [6, 6.07) is 6.03. The second kappa shape index (κ2) is 6.00. The van der Waals surface area contributed by atoms with Crippen molar-refractivity contribution in [1.82, 2.24) is 19.2 Å². The van der Waals surface area contributed by atoms with Crippen molar-refractivity contribution in [1.29, 1.82) is 0 Å². The molecule has 6 nitrogen and oxygen atoms in total. The maximum Gasteiger partial charge on any atom is 0.346 e. The average molecular weight is 366 g/mol. The highest BCUT2D eigenvalue weighted by Gasteiger charge is 2.53. The molecule has 138 valence electrons. The molecule has 1 amide bonds. The van der Waals surface area contributed by atoms with Crippen LogP contribution in [0.5, 0.6) is 0 Å². The minimum Gasteiger partial charge on any atom is -0.333 e. The molecule has 0 atom stereocenters. The molecule has 0 spiro atoms. The molecule has 0 saturated heterocycles. The summed E-state index contributed by atoms with van der Waals surface area (Å²) in [6.07, 6.45) is -1.40. The van der Waals surface area contributed by atoms with Crippen LogP contribution in [0.4, 0.5) is 13.2 Å². The van der Waals surface area contributed by atoms with Crippen molar-refractivity contribution in [3.05, 3.63) is 52.0 Å². The second-order valence-corrected chi connectivity index (χ2v) is 6.74. The molecule has 26 heavy (non-hydrogen) atoms. The smallest absolute Gasteiger partial charge is 0.333 e. The van der Waals surface area contributed by atoms with Gasteiger partial charge in [0.25, 0.3) is 6.43 Å². The Morgan fingerprint density at radius 1 is 1.27 bits per heavy atom. The fourth-order valence-corrected chi connectivity index (χ4v) is 3.56. The number of carbonyl (C=O) groups excluding carboxylic acids is 1. The number of rotatable bonds is 4. The van der Waals surface area contributed by atoms with E-state index in [2.05, 4.69) is 5.10 Å². The summed E-state index contributed by atoms with van der Waals surface area (Å²) in [7, 11) is 0. The SMILES string of the molecule is O=C(N1CCn2c(nn(CC(F)F)c2=O)C1)C1(c2cccc(F)c2)CC1. The summed E-state index contributed by atoms with van der Waals surface area (Å²) >= 11 is 0. The van der Waals surface area contributed by atoms with Gasteiger partial charge in [-0.1, -0.05) is 12.1 Å². The van der Waals surface area contributed by atoms with E-state index < -0.39 is 24.1 Å². The van der Waals surface area contributed by atoms with Gasteiger partial charge in [0, 0.05) is 13.1 Å². The molecule has 4 rings (SSSR count). The Labute approximate surface area is 146 Å². The molecule has 9 heteroatoms. The van der Waals surface area contributed by atoms with E-state index in [-0.39, 0.29) is 24.8 Å². The molecular weight excluding hydrogens is 349 g/mol. The fraction of sp³-hybridized carbons (Fsp3) is 0.471. The molecule has 1 aliphatic carbocycles. The van der Waals surface area contributed by atoms with Crippen LogP contribution >= 0.6 is 0 Å². The molecular formula is C17H17F3N4O2. The summed E-state index contributed by atoms with van der Waals surface area (Å²) in [5.41, 5.74) is -0.664. The van der Waals surface area contributed by atoms with E-state index in [0.29, 0.717) is 30.8 Å². The molecule has 0 bridgehead atoms. The minimum absolute atomic E-state index is 0.0847. The largest absolute Gasteiger partial charge is 0.346 e. The molecule has 0 N–H and O–H groups in total. The predicted molar refractivity (Wildman–Crippen MR) is 85.2 cm³/mol. The van der Waals surface area contributed by atoms with Gasteiger partial charge in [0.15, 0.2) is 5.82 Å². The Hall–Kier alpha value is -2.58. The van der Waals surface area contributed by atoms with E-state index >= 15 is 0 Å². The van der Waals surface area contributed by atoms with Gasteiger partial charge in [-0.25, -0.2) is 22.6 Å². The van der Waals surface area contributed by atoms with Gasteiger partial charge in [0.05, 0.1) is 12.0 Å². The third-order valence-electron chi connectivity index (χ3n) is 5.06. The minimum atomic E-state index is -2.68. The molecule has 1 aromatic carbocycles. The van der Waals surface area contributed by atoms with E-state index in [1.54, 1.807) is 17.0 Å². The zero-order valence-corrected chi connectivity index (χ0v) is 13.9. The number of fused-ring (bicyclic) bond motifs is 1. The molecule has 1 saturated carbocycles. The number of benzene rings is 1. The fourth-order valence-electron chi connectivity index (χ4n) is 3.56. The zero-order chi connectivity index (χ0) is 18.5. The lowest BCUT2D eigenvalue weighted by Gasteiger charge is -2.30. The Kier molecular flexibility index (Phi) is 3.89. The molecule has 2 aliphatic rings. The second-order valence-electron chi connectivity index (χ2n) is 6.74. The number of nitrogens with zero attached hydrogens (tertiary/aromatic N) is 4. The van der Waals surface area contributed by atoms with Crippen molar-refractivity contribution in [3.63, 3.8) is 0 Å². The maximum atomic E-state index is 13.5.